The first-order valence-corrected chi connectivity index (χ1v) is 5.84. The molecule has 82 valence electrons. The highest BCUT2D eigenvalue weighted by Gasteiger charge is 1.97. The van der Waals surface area contributed by atoms with E-state index in [1.807, 2.05) is 6.08 Å². The first-order chi connectivity index (χ1) is 7.22. The van der Waals surface area contributed by atoms with Crippen LogP contribution in [0.2, 0.25) is 10.4 Å². The Morgan fingerprint density at radius 3 is 2.73 bits per heavy atom. The minimum atomic E-state index is 0.190. The van der Waals surface area contributed by atoms with E-state index < -0.39 is 0 Å². The Labute approximate surface area is 100 Å². The Balaban J connectivity index is 2.49. The summed E-state index contributed by atoms with van der Waals surface area (Å²) in [4.78, 5) is 7.81. The quantitative estimate of drug-likeness (QED) is 0.437. The highest BCUT2D eigenvalue weighted by atomic mass is 35.5. The van der Waals surface area contributed by atoms with Crippen molar-refractivity contribution in [3.63, 3.8) is 0 Å². The van der Waals surface area contributed by atoms with Crippen molar-refractivity contribution in [1.29, 1.82) is 0 Å². The molecule has 0 radical (unpaired) electrons. The van der Waals surface area contributed by atoms with E-state index in [9.17, 15) is 0 Å². The summed E-state index contributed by atoms with van der Waals surface area (Å²) < 4.78 is 0. The maximum atomic E-state index is 5.74. The van der Waals surface area contributed by atoms with E-state index in [0.29, 0.717) is 5.15 Å². The second kappa shape index (κ2) is 6.81. The number of hydrogen-bond acceptors (Lipinski definition) is 2. The van der Waals surface area contributed by atoms with E-state index in [2.05, 4.69) is 23.0 Å². The van der Waals surface area contributed by atoms with Gasteiger partial charge in [0.2, 0.25) is 5.28 Å². The number of aromatic nitrogens is 2. The van der Waals surface area contributed by atoms with Crippen LogP contribution in [0.1, 0.15) is 38.3 Å². The van der Waals surface area contributed by atoms with Crippen molar-refractivity contribution < 1.29 is 0 Å². The van der Waals surface area contributed by atoms with Gasteiger partial charge in [-0.15, -0.1) is 0 Å². The second-order valence-electron chi connectivity index (χ2n) is 3.28. The lowest BCUT2D eigenvalue weighted by Gasteiger charge is -1.95. The smallest absolute Gasteiger partial charge is 0.218 e. The van der Waals surface area contributed by atoms with Crippen LogP contribution in [0.15, 0.2) is 12.1 Å². The molecule has 1 aromatic heterocycles. The fraction of sp³-hybridized carbons (Fsp3) is 0.455. The molecule has 0 amide bonds. The second-order valence-corrected chi connectivity index (χ2v) is 4.01. The Morgan fingerprint density at radius 2 is 2.07 bits per heavy atom. The zero-order chi connectivity index (χ0) is 11.1. The summed E-state index contributed by atoms with van der Waals surface area (Å²) in [5.41, 5.74) is 0.761. The molecule has 0 saturated heterocycles. The van der Waals surface area contributed by atoms with Gasteiger partial charge in [-0.2, -0.15) is 0 Å². The molecule has 0 aliphatic carbocycles. The van der Waals surface area contributed by atoms with Crippen molar-refractivity contribution in [3.05, 3.63) is 28.3 Å². The Kier molecular flexibility index (Phi) is 5.66. The number of unbranched alkanes of at least 4 members (excludes halogenated alkanes) is 3. The van der Waals surface area contributed by atoms with Crippen LogP contribution in [-0.4, -0.2) is 9.97 Å². The first-order valence-electron chi connectivity index (χ1n) is 5.09. The monoisotopic (exact) mass is 244 g/mol. The van der Waals surface area contributed by atoms with Crippen molar-refractivity contribution in [3.8, 4) is 0 Å². The third kappa shape index (κ3) is 5.14. The summed E-state index contributed by atoms with van der Waals surface area (Å²) in [6, 6.07) is 1.70. The normalized spacial score (nSPS) is 11.1. The van der Waals surface area contributed by atoms with Gasteiger partial charge in [0.1, 0.15) is 5.15 Å². The van der Waals surface area contributed by atoms with E-state index in [0.717, 1.165) is 12.1 Å². The standard InChI is InChI=1S/C11H14Cl2N2/c1-2-3-4-5-6-7-9-8-10(12)15-11(13)14-9/h6-8H,2-5H2,1H3. The lowest BCUT2D eigenvalue weighted by molar-refractivity contribution is 0.730. The summed E-state index contributed by atoms with van der Waals surface area (Å²) in [6.07, 6.45) is 8.78. The van der Waals surface area contributed by atoms with Crippen LogP contribution in [-0.2, 0) is 0 Å². The van der Waals surface area contributed by atoms with Gasteiger partial charge in [0, 0.05) is 6.07 Å². The van der Waals surface area contributed by atoms with Gasteiger partial charge >= 0.3 is 0 Å². The summed E-state index contributed by atoms with van der Waals surface area (Å²) >= 11 is 11.4. The van der Waals surface area contributed by atoms with Gasteiger partial charge in [-0.1, -0.05) is 37.4 Å². The van der Waals surface area contributed by atoms with Crippen molar-refractivity contribution >= 4 is 29.3 Å². The minimum absolute atomic E-state index is 0.190. The van der Waals surface area contributed by atoms with E-state index in [4.69, 9.17) is 23.2 Å². The fourth-order valence-corrected chi connectivity index (χ4v) is 1.63. The largest absolute Gasteiger partial charge is 0.224 e. The van der Waals surface area contributed by atoms with Gasteiger partial charge in [0.25, 0.3) is 0 Å². The van der Waals surface area contributed by atoms with Crippen LogP contribution in [0.5, 0.6) is 0 Å². The molecule has 0 aliphatic heterocycles. The lowest BCUT2D eigenvalue weighted by atomic mass is 10.2. The maximum absolute atomic E-state index is 5.74. The average molecular weight is 245 g/mol. The summed E-state index contributed by atoms with van der Waals surface area (Å²) in [7, 11) is 0. The predicted octanol–water partition coefficient (Wildman–Crippen LogP) is 4.38. The van der Waals surface area contributed by atoms with Gasteiger partial charge in [0.15, 0.2) is 0 Å². The van der Waals surface area contributed by atoms with Crippen LogP contribution >= 0.6 is 23.2 Å². The third-order valence-corrected chi connectivity index (χ3v) is 2.31. The first kappa shape index (κ1) is 12.5. The van der Waals surface area contributed by atoms with Crippen molar-refractivity contribution in [2.24, 2.45) is 0 Å². The molecular formula is C11H14Cl2N2. The van der Waals surface area contributed by atoms with Gasteiger partial charge in [0.05, 0.1) is 5.69 Å². The Hall–Kier alpha value is -0.600. The van der Waals surface area contributed by atoms with Crippen LogP contribution < -0.4 is 0 Å². The molecule has 0 aromatic carbocycles. The number of halogens is 2. The van der Waals surface area contributed by atoms with E-state index >= 15 is 0 Å². The zero-order valence-corrected chi connectivity index (χ0v) is 10.2. The van der Waals surface area contributed by atoms with Crippen LogP contribution in [0.4, 0.5) is 0 Å². The highest BCUT2D eigenvalue weighted by Crippen LogP contribution is 2.12. The molecule has 2 nitrogen and oxygen atoms in total. The van der Waals surface area contributed by atoms with Gasteiger partial charge in [-0.25, -0.2) is 9.97 Å². The summed E-state index contributed by atoms with van der Waals surface area (Å²) in [5.74, 6) is 0. The van der Waals surface area contributed by atoms with Gasteiger partial charge < -0.3 is 0 Å². The van der Waals surface area contributed by atoms with Crippen molar-refractivity contribution in [2.75, 3.05) is 0 Å². The maximum Gasteiger partial charge on any atom is 0.224 e. The van der Waals surface area contributed by atoms with E-state index in [1.54, 1.807) is 6.07 Å². The third-order valence-electron chi connectivity index (χ3n) is 1.95. The lowest BCUT2D eigenvalue weighted by Crippen LogP contribution is -1.86. The molecule has 1 rings (SSSR count). The molecule has 0 bridgehead atoms. The van der Waals surface area contributed by atoms with E-state index in [-0.39, 0.29) is 5.28 Å². The molecule has 1 heterocycles. The molecule has 0 fully saturated rings. The fourth-order valence-electron chi connectivity index (χ4n) is 1.21. The molecule has 1 aromatic rings. The van der Waals surface area contributed by atoms with Crippen molar-refractivity contribution in [2.45, 2.75) is 32.6 Å². The zero-order valence-electron chi connectivity index (χ0n) is 8.71. The van der Waals surface area contributed by atoms with Crippen LogP contribution in [0.25, 0.3) is 6.08 Å². The minimum Gasteiger partial charge on any atom is -0.218 e. The average Bonchev–Trinajstić information content (AvgIpc) is 2.16. The highest BCUT2D eigenvalue weighted by molar-refractivity contribution is 6.31. The Morgan fingerprint density at radius 1 is 1.27 bits per heavy atom. The molecule has 0 aliphatic rings. The molecular weight excluding hydrogens is 231 g/mol. The molecule has 0 N–H and O–H groups in total. The van der Waals surface area contributed by atoms with Gasteiger partial charge in [-0.3, -0.25) is 0 Å². The van der Waals surface area contributed by atoms with Crippen LogP contribution in [0, 0.1) is 0 Å². The SMILES string of the molecule is CCCCCC=Cc1cc(Cl)nc(Cl)n1. The predicted molar refractivity (Wildman–Crippen MR) is 65.2 cm³/mol. The number of rotatable bonds is 5. The molecule has 0 saturated carbocycles. The number of hydrogen-bond donors (Lipinski definition) is 0. The molecule has 0 spiro atoms. The summed E-state index contributed by atoms with van der Waals surface area (Å²) in [5, 5.41) is 0.568. The molecule has 0 atom stereocenters. The number of allylic oxidation sites excluding steroid dienone is 1. The summed E-state index contributed by atoms with van der Waals surface area (Å²) in [6.45, 7) is 2.19. The Bertz CT molecular complexity index is 317. The topological polar surface area (TPSA) is 25.8 Å². The van der Waals surface area contributed by atoms with Crippen molar-refractivity contribution in [1.82, 2.24) is 9.97 Å². The molecule has 15 heavy (non-hydrogen) atoms. The molecule has 0 unspecified atom stereocenters. The molecule has 4 heteroatoms. The number of nitrogens with zero attached hydrogens (tertiary/aromatic N) is 2. The van der Waals surface area contributed by atoms with E-state index in [1.165, 1.54) is 19.3 Å². The van der Waals surface area contributed by atoms with Crippen LogP contribution in [0.3, 0.4) is 0 Å². The van der Waals surface area contributed by atoms with Gasteiger partial charge in [-0.05, 0) is 30.5 Å².